The van der Waals surface area contributed by atoms with Gasteiger partial charge in [0, 0.05) is 50.8 Å². The van der Waals surface area contributed by atoms with Crippen molar-refractivity contribution in [3.05, 3.63) is 53.6 Å². The van der Waals surface area contributed by atoms with Crippen LogP contribution in [0.2, 0.25) is 0 Å². The van der Waals surface area contributed by atoms with Crippen molar-refractivity contribution >= 4 is 23.1 Å². The second-order valence-electron chi connectivity index (χ2n) is 8.32. The van der Waals surface area contributed by atoms with Gasteiger partial charge in [0.1, 0.15) is 11.9 Å². The van der Waals surface area contributed by atoms with E-state index in [4.69, 9.17) is 9.47 Å². The number of ether oxygens (including phenoxy) is 2. The highest BCUT2D eigenvalue weighted by molar-refractivity contribution is 6.04. The molecule has 3 aromatic heterocycles. The Morgan fingerprint density at radius 3 is 2.82 bits per heavy atom. The maximum atomic E-state index is 12.7. The van der Waals surface area contributed by atoms with Crippen molar-refractivity contribution in [3.63, 3.8) is 0 Å². The number of methoxy groups -OCH3 is 2. The molecule has 2 atom stereocenters. The Labute approximate surface area is 199 Å². The zero-order chi connectivity index (χ0) is 24.2. The highest BCUT2D eigenvalue weighted by Crippen LogP contribution is 2.36. The number of nitrogens with one attached hydrogen (secondary N) is 2. The van der Waals surface area contributed by atoms with Crippen LogP contribution in [0.15, 0.2) is 36.8 Å². The van der Waals surface area contributed by atoms with Crippen LogP contribution < -0.4 is 20.3 Å². The average molecular weight is 466 g/mol. The van der Waals surface area contributed by atoms with Crippen molar-refractivity contribution in [1.29, 1.82) is 0 Å². The molecule has 4 rings (SSSR count). The number of hydrogen-bond donors (Lipinski definition) is 2. The fourth-order valence-corrected chi connectivity index (χ4v) is 4.26. The van der Waals surface area contributed by atoms with Gasteiger partial charge in [0.05, 0.1) is 43.0 Å². The van der Waals surface area contributed by atoms with E-state index in [2.05, 4.69) is 25.7 Å². The first-order valence-corrected chi connectivity index (χ1v) is 11.3. The summed E-state index contributed by atoms with van der Waals surface area (Å²) in [6.45, 7) is 5.10. The van der Waals surface area contributed by atoms with E-state index >= 15 is 0 Å². The van der Waals surface area contributed by atoms with Gasteiger partial charge in [-0.25, -0.2) is 9.97 Å². The summed E-state index contributed by atoms with van der Waals surface area (Å²) in [6.07, 6.45) is 6.10. The number of anilines is 3. The van der Waals surface area contributed by atoms with E-state index in [-0.39, 0.29) is 12.0 Å². The number of nitrogens with zero attached hydrogens (tertiary/aromatic N) is 5. The number of fused-ring (bicyclic) bond motifs is 1. The molecule has 0 spiro atoms. The van der Waals surface area contributed by atoms with Crippen LogP contribution >= 0.6 is 0 Å². The van der Waals surface area contributed by atoms with Crippen LogP contribution in [0.3, 0.4) is 0 Å². The second-order valence-corrected chi connectivity index (χ2v) is 8.32. The van der Waals surface area contributed by atoms with Crippen LogP contribution in [0.5, 0.6) is 5.88 Å². The smallest absolute Gasteiger partial charge is 0.249 e. The highest BCUT2D eigenvalue weighted by atomic mass is 16.5. The minimum Gasteiger partial charge on any atom is -0.481 e. The molecule has 0 aliphatic carbocycles. The van der Waals surface area contributed by atoms with E-state index in [9.17, 15) is 4.79 Å². The molecule has 0 bridgehead atoms. The Morgan fingerprint density at radius 2 is 2.09 bits per heavy atom. The van der Waals surface area contributed by atoms with Crippen molar-refractivity contribution in [3.8, 4) is 5.88 Å². The number of aryl methyl sites for hydroxylation is 1. The molecule has 0 saturated carbocycles. The topological polar surface area (TPSA) is 106 Å². The third-order valence-electron chi connectivity index (χ3n) is 6.06. The van der Waals surface area contributed by atoms with Gasteiger partial charge in [-0.1, -0.05) is 6.92 Å². The molecule has 4 heterocycles. The van der Waals surface area contributed by atoms with Crippen LogP contribution in [-0.2, 0) is 22.6 Å². The lowest BCUT2D eigenvalue weighted by atomic mass is 10.0. The number of amides is 1. The van der Waals surface area contributed by atoms with Crippen molar-refractivity contribution in [2.45, 2.75) is 45.5 Å². The molecule has 3 aromatic rings. The molecule has 1 amide bonds. The third-order valence-corrected chi connectivity index (χ3v) is 6.06. The molecule has 1 aliphatic heterocycles. The normalized spacial score (nSPS) is 16.1. The lowest BCUT2D eigenvalue weighted by molar-refractivity contribution is -0.120. The lowest BCUT2D eigenvalue weighted by Crippen LogP contribution is -2.53. The maximum absolute atomic E-state index is 12.7. The van der Waals surface area contributed by atoms with Crippen LogP contribution in [0.1, 0.15) is 30.2 Å². The summed E-state index contributed by atoms with van der Waals surface area (Å²) in [5, 5.41) is 10.9. The predicted octanol–water partition coefficient (Wildman–Crippen LogP) is 2.83. The number of hydrogen-bond acceptors (Lipinski definition) is 8. The van der Waals surface area contributed by atoms with Gasteiger partial charge in [-0.2, -0.15) is 5.10 Å². The van der Waals surface area contributed by atoms with E-state index in [0.717, 1.165) is 40.4 Å². The summed E-state index contributed by atoms with van der Waals surface area (Å²) >= 11 is 0. The monoisotopic (exact) mass is 465 g/mol. The summed E-state index contributed by atoms with van der Waals surface area (Å²) in [5.74, 6) is 1.24. The average Bonchev–Trinajstić information content (AvgIpc) is 3.28. The summed E-state index contributed by atoms with van der Waals surface area (Å²) in [5.41, 5.74) is 4.50. The van der Waals surface area contributed by atoms with E-state index in [1.807, 2.05) is 61.1 Å². The first-order chi connectivity index (χ1) is 16.4. The van der Waals surface area contributed by atoms with E-state index in [0.29, 0.717) is 19.0 Å². The van der Waals surface area contributed by atoms with E-state index in [1.165, 1.54) is 0 Å². The Morgan fingerprint density at radius 1 is 1.26 bits per heavy atom. The largest absolute Gasteiger partial charge is 0.481 e. The molecule has 1 aliphatic rings. The molecule has 34 heavy (non-hydrogen) atoms. The van der Waals surface area contributed by atoms with Crippen molar-refractivity contribution < 1.29 is 14.3 Å². The molecule has 180 valence electrons. The molecule has 0 saturated heterocycles. The SMILES string of the molecule is CC[C@@H](OC)[C@H]1C(=O)Nc2c(cc(NCc3cnn(Cc4ccnc(OC)c4)c3)nc2C)N1C. The van der Waals surface area contributed by atoms with Gasteiger partial charge in [0.15, 0.2) is 0 Å². The molecule has 0 fully saturated rings. The zero-order valence-electron chi connectivity index (χ0n) is 20.2. The number of aromatic nitrogens is 4. The standard InChI is InChI=1S/C24H31N7O3/c1-6-19(33-4)23-24(32)29-22-15(2)28-20(10-18(22)30(23)3)26-11-17-12-27-31(14-17)13-16-7-8-25-21(9-16)34-5/h7-10,12,14,19,23H,6,11,13H2,1-5H3,(H,26,28)(H,29,32)/t19-,23+/m1/s1. The van der Waals surface area contributed by atoms with Crippen molar-refractivity contribution in [2.75, 3.05) is 36.8 Å². The van der Waals surface area contributed by atoms with Gasteiger partial charge in [-0.05, 0) is 25.0 Å². The van der Waals surface area contributed by atoms with Crippen LogP contribution in [0.4, 0.5) is 17.2 Å². The third kappa shape index (κ3) is 4.81. The summed E-state index contributed by atoms with van der Waals surface area (Å²) in [4.78, 5) is 23.5. The molecular formula is C24H31N7O3. The van der Waals surface area contributed by atoms with Crippen molar-refractivity contribution in [2.24, 2.45) is 0 Å². The predicted molar refractivity (Wildman–Crippen MR) is 130 cm³/mol. The zero-order valence-corrected chi connectivity index (χ0v) is 20.2. The molecule has 10 heteroatoms. The number of carbonyl (C=O) groups is 1. The Hall–Kier alpha value is -3.66. The fraction of sp³-hybridized carbons (Fsp3) is 0.417. The van der Waals surface area contributed by atoms with E-state index in [1.54, 1.807) is 20.4 Å². The first kappa shape index (κ1) is 23.5. The van der Waals surface area contributed by atoms with Crippen LogP contribution in [-0.4, -0.2) is 59.1 Å². The van der Waals surface area contributed by atoms with Gasteiger partial charge in [-0.3, -0.25) is 9.48 Å². The van der Waals surface area contributed by atoms with Gasteiger partial charge < -0.3 is 25.0 Å². The molecule has 0 radical (unpaired) electrons. The van der Waals surface area contributed by atoms with Gasteiger partial charge in [-0.15, -0.1) is 0 Å². The summed E-state index contributed by atoms with van der Waals surface area (Å²) in [6, 6.07) is 5.40. The van der Waals surface area contributed by atoms with Gasteiger partial charge in [0.25, 0.3) is 0 Å². The fourth-order valence-electron chi connectivity index (χ4n) is 4.26. The lowest BCUT2D eigenvalue weighted by Gasteiger charge is -2.39. The Bertz CT molecular complexity index is 1160. The van der Waals surface area contributed by atoms with Gasteiger partial charge >= 0.3 is 0 Å². The molecule has 10 nitrogen and oxygen atoms in total. The minimum atomic E-state index is -0.401. The Balaban J connectivity index is 1.47. The van der Waals surface area contributed by atoms with Gasteiger partial charge in [0.2, 0.25) is 11.8 Å². The second kappa shape index (κ2) is 10.1. The molecule has 0 unspecified atom stereocenters. The number of pyridine rings is 2. The molecule has 2 N–H and O–H groups in total. The molecular weight excluding hydrogens is 434 g/mol. The number of likely N-dealkylation sites (N-methyl/N-ethyl adjacent to an activating group) is 1. The maximum Gasteiger partial charge on any atom is 0.249 e. The van der Waals surface area contributed by atoms with Crippen molar-refractivity contribution in [1.82, 2.24) is 19.7 Å². The number of rotatable bonds is 9. The van der Waals surface area contributed by atoms with E-state index < -0.39 is 6.04 Å². The first-order valence-electron chi connectivity index (χ1n) is 11.3. The molecule has 0 aromatic carbocycles. The Kier molecular flexibility index (Phi) is 6.97. The summed E-state index contributed by atoms with van der Waals surface area (Å²) < 4.78 is 12.6. The number of carbonyl (C=O) groups excluding carboxylic acids is 1. The van der Waals surface area contributed by atoms with Crippen LogP contribution in [0, 0.1) is 6.92 Å². The van der Waals surface area contributed by atoms with Crippen LogP contribution in [0.25, 0.3) is 0 Å². The highest BCUT2D eigenvalue weighted by Gasteiger charge is 2.37. The minimum absolute atomic E-state index is 0.0754. The summed E-state index contributed by atoms with van der Waals surface area (Å²) in [7, 11) is 5.16. The quantitative estimate of drug-likeness (QED) is 0.497.